The number of aryl methyl sites for hydroxylation is 1. The van der Waals surface area contributed by atoms with Gasteiger partial charge in [-0.25, -0.2) is 4.68 Å². The second kappa shape index (κ2) is 7.19. The first-order valence-corrected chi connectivity index (χ1v) is 9.18. The first kappa shape index (κ1) is 17.2. The normalized spacial score (nSPS) is 13.3. The molecule has 1 amide bonds. The molecule has 1 aromatic heterocycles. The number of rotatable bonds is 4. The lowest BCUT2D eigenvalue weighted by atomic mass is 9.94. The maximum absolute atomic E-state index is 12.4. The smallest absolute Gasteiger partial charge is 0.251 e. The van der Waals surface area contributed by atoms with Gasteiger partial charge in [-0.1, -0.05) is 30.3 Å². The van der Waals surface area contributed by atoms with Crippen LogP contribution in [0.4, 0.5) is 0 Å². The van der Waals surface area contributed by atoms with Crippen LogP contribution in [0.15, 0.2) is 54.6 Å². The van der Waals surface area contributed by atoms with E-state index in [1.165, 1.54) is 0 Å². The molecule has 4 rings (SSSR count). The predicted octanol–water partition coefficient (Wildman–Crippen LogP) is 3.63. The van der Waals surface area contributed by atoms with Crippen molar-refractivity contribution < 1.29 is 9.59 Å². The Balaban J connectivity index is 1.52. The Labute approximate surface area is 158 Å². The highest BCUT2D eigenvalue weighted by Gasteiger charge is 2.25. The number of aromatic nitrogens is 2. The zero-order chi connectivity index (χ0) is 18.8. The molecule has 0 spiro atoms. The summed E-state index contributed by atoms with van der Waals surface area (Å²) in [7, 11) is 0. The Bertz CT molecular complexity index is 988. The van der Waals surface area contributed by atoms with Gasteiger partial charge in [-0.05, 0) is 49.6 Å². The number of carbonyl (C=O) groups excluding carboxylic acids is 2. The molecular weight excluding hydrogens is 338 g/mol. The Morgan fingerprint density at radius 2 is 1.81 bits per heavy atom. The zero-order valence-corrected chi connectivity index (χ0v) is 15.2. The first-order valence-electron chi connectivity index (χ1n) is 9.18. The monoisotopic (exact) mass is 359 g/mol. The molecule has 0 unspecified atom stereocenters. The number of ketones is 1. The maximum atomic E-state index is 12.4. The number of benzene rings is 2. The molecule has 1 N–H and O–H groups in total. The topological polar surface area (TPSA) is 64.0 Å². The minimum absolute atomic E-state index is 0.112. The lowest BCUT2D eigenvalue weighted by molar-refractivity contribution is 0.0948. The van der Waals surface area contributed by atoms with E-state index < -0.39 is 0 Å². The second-order valence-electron chi connectivity index (χ2n) is 6.81. The summed E-state index contributed by atoms with van der Waals surface area (Å²) in [4.78, 5) is 24.5. The molecular formula is C22H21N3O2. The fourth-order valence-corrected chi connectivity index (χ4v) is 3.56. The molecule has 1 aliphatic carbocycles. The molecule has 1 heterocycles. The van der Waals surface area contributed by atoms with Gasteiger partial charge in [0.25, 0.3) is 5.91 Å². The summed E-state index contributed by atoms with van der Waals surface area (Å²) in [6, 6.07) is 17.2. The summed E-state index contributed by atoms with van der Waals surface area (Å²) in [6.45, 7) is 2.37. The van der Waals surface area contributed by atoms with Crippen LogP contribution in [0.2, 0.25) is 0 Å². The quantitative estimate of drug-likeness (QED) is 0.774. The van der Waals surface area contributed by atoms with Crippen LogP contribution in [0, 0.1) is 6.92 Å². The van der Waals surface area contributed by atoms with Gasteiger partial charge in [0.2, 0.25) is 0 Å². The van der Waals surface area contributed by atoms with Crippen molar-refractivity contribution in [3.05, 3.63) is 82.7 Å². The highest BCUT2D eigenvalue weighted by atomic mass is 16.1. The number of nitrogens with zero attached hydrogens (tertiary/aromatic N) is 2. The Hall–Kier alpha value is -3.21. The largest absolute Gasteiger partial charge is 0.348 e. The fourth-order valence-electron chi connectivity index (χ4n) is 3.56. The van der Waals surface area contributed by atoms with Crippen molar-refractivity contribution in [3.8, 4) is 5.69 Å². The number of Topliss-reactive ketones (excluding diaryl/α,β-unsaturated/α-hetero) is 1. The van der Waals surface area contributed by atoms with Crippen LogP contribution in [0.5, 0.6) is 0 Å². The number of amides is 1. The number of nitrogens with one attached hydrogen (secondary N) is 1. The summed E-state index contributed by atoms with van der Waals surface area (Å²) >= 11 is 0. The molecule has 136 valence electrons. The van der Waals surface area contributed by atoms with Gasteiger partial charge in [0, 0.05) is 18.5 Å². The van der Waals surface area contributed by atoms with Crippen molar-refractivity contribution >= 4 is 11.7 Å². The summed E-state index contributed by atoms with van der Waals surface area (Å²) in [5, 5.41) is 7.49. The van der Waals surface area contributed by atoms with Crippen LogP contribution in [0.1, 0.15) is 50.5 Å². The summed E-state index contributed by atoms with van der Waals surface area (Å²) in [5.74, 6) is 0.0659. The Morgan fingerprint density at radius 3 is 2.56 bits per heavy atom. The second-order valence-corrected chi connectivity index (χ2v) is 6.81. The van der Waals surface area contributed by atoms with Gasteiger partial charge in [0.15, 0.2) is 5.78 Å². The average molecular weight is 359 g/mol. The van der Waals surface area contributed by atoms with Crippen LogP contribution >= 0.6 is 0 Å². The van der Waals surface area contributed by atoms with Crippen molar-refractivity contribution in [2.24, 2.45) is 0 Å². The molecule has 5 nitrogen and oxygen atoms in total. The van der Waals surface area contributed by atoms with E-state index in [-0.39, 0.29) is 11.7 Å². The van der Waals surface area contributed by atoms with E-state index in [0.717, 1.165) is 41.0 Å². The third-order valence-electron chi connectivity index (χ3n) is 4.92. The van der Waals surface area contributed by atoms with E-state index in [4.69, 9.17) is 0 Å². The highest BCUT2D eigenvalue weighted by molar-refractivity contribution is 5.99. The number of hydrogen-bond donors (Lipinski definition) is 1. The highest BCUT2D eigenvalue weighted by Crippen LogP contribution is 2.26. The summed E-state index contributed by atoms with van der Waals surface area (Å²) < 4.78 is 1.84. The predicted molar refractivity (Wildman–Crippen MR) is 103 cm³/mol. The summed E-state index contributed by atoms with van der Waals surface area (Å²) in [6.07, 6.45) is 2.30. The lowest BCUT2D eigenvalue weighted by Crippen LogP contribution is -2.22. The summed E-state index contributed by atoms with van der Waals surface area (Å²) in [5.41, 5.74) is 5.05. The number of fused-ring (bicyclic) bond motifs is 1. The third-order valence-corrected chi connectivity index (χ3v) is 4.92. The maximum Gasteiger partial charge on any atom is 0.251 e. The molecule has 2 aromatic carbocycles. The molecule has 0 atom stereocenters. The van der Waals surface area contributed by atoms with E-state index in [1.807, 2.05) is 54.1 Å². The van der Waals surface area contributed by atoms with Gasteiger partial charge in [0.05, 0.1) is 22.6 Å². The van der Waals surface area contributed by atoms with Gasteiger partial charge >= 0.3 is 0 Å². The van der Waals surface area contributed by atoms with Crippen molar-refractivity contribution in [1.82, 2.24) is 15.1 Å². The number of hydrogen-bond acceptors (Lipinski definition) is 3. The number of carbonyl (C=O) groups is 2. The SMILES string of the molecule is Cc1nn(-c2ccc(C(=O)NCc3ccccc3)cc2)c2c1C(=O)CCC2. The Morgan fingerprint density at radius 1 is 1.07 bits per heavy atom. The molecule has 27 heavy (non-hydrogen) atoms. The van der Waals surface area contributed by atoms with Crippen LogP contribution in [0.3, 0.4) is 0 Å². The molecule has 3 aromatic rings. The lowest BCUT2D eigenvalue weighted by Gasteiger charge is -2.13. The molecule has 0 bridgehead atoms. The molecule has 0 saturated heterocycles. The molecule has 0 aliphatic heterocycles. The third kappa shape index (κ3) is 3.40. The Kier molecular flexibility index (Phi) is 4.59. The van der Waals surface area contributed by atoms with Gasteiger partial charge in [-0.2, -0.15) is 5.10 Å². The zero-order valence-electron chi connectivity index (χ0n) is 15.2. The molecule has 0 saturated carbocycles. The van der Waals surface area contributed by atoms with Crippen molar-refractivity contribution in [2.45, 2.75) is 32.7 Å². The van der Waals surface area contributed by atoms with E-state index in [2.05, 4.69) is 10.4 Å². The van der Waals surface area contributed by atoms with Crippen molar-refractivity contribution in [1.29, 1.82) is 0 Å². The van der Waals surface area contributed by atoms with Gasteiger partial charge in [-0.15, -0.1) is 0 Å². The van der Waals surface area contributed by atoms with Crippen LogP contribution in [-0.4, -0.2) is 21.5 Å². The van der Waals surface area contributed by atoms with Crippen molar-refractivity contribution in [3.63, 3.8) is 0 Å². The van der Waals surface area contributed by atoms with Crippen LogP contribution < -0.4 is 5.32 Å². The molecule has 1 aliphatic rings. The van der Waals surface area contributed by atoms with E-state index in [0.29, 0.717) is 18.5 Å². The first-order chi connectivity index (χ1) is 13.1. The van der Waals surface area contributed by atoms with Crippen molar-refractivity contribution in [2.75, 3.05) is 0 Å². The standard InChI is InChI=1S/C22H21N3O2/c1-15-21-19(8-5-9-20(21)26)25(24-15)18-12-10-17(11-13-18)22(27)23-14-16-6-3-2-4-7-16/h2-4,6-7,10-13H,5,8-9,14H2,1H3,(H,23,27). The van der Waals surface area contributed by atoms with E-state index in [9.17, 15) is 9.59 Å². The average Bonchev–Trinajstić information content (AvgIpc) is 3.05. The van der Waals surface area contributed by atoms with Crippen LogP contribution in [-0.2, 0) is 13.0 Å². The fraction of sp³-hybridized carbons (Fsp3) is 0.227. The minimum Gasteiger partial charge on any atom is -0.348 e. The van der Waals surface area contributed by atoms with Gasteiger partial charge < -0.3 is 5.32 Å². The molecule has 5 heteroatoms. The molecule has 0 radical (unpaired) electrons. The van der Waals surface area contributed by atoms with Crippen LogP contribution in [0.25, 0.3) is 5.69 Å². The molecule has 0 fully saturated rings. The van der Waals surface area contributed by atoms with Gasteiger partial charge in [-0.3, -0.25) is 9.59 Å². The van der Waals surface area contributed by atoms with Gasteiger partial charge in [0.1, 0.15) is 0 Å². The van der Waals surface area contributed by atoms with E-state index >= 15 is 0 Å². The van der Waals surface area contributed by atoms with E-state index in [1.54, 1.807) is 12.1 Å². The minimum atomic E-state index is -0.112.